The van der Waals surface area contributed by atoms with E-state index in [2.05, 4.69) is 193 Å². The number of furan rings is 2. The average molecular weight is 784 g/mol. The molecule has 4 heteroatoms. The summed E-state index contributed by atoms with van der Waals surface area (Å²) in [5.41, 5.74) is 11.4. The normalized spacial score (nSPS) is 12.0. The van der Waals surface area contributed by atoms with Crippen LogP contribution in [-0.2, 0) is 0 Å². The molecule has 0 amide bonds. The number of nitrogens with zero attached hydrogens (tertiary/aromatic N) is 1. The molecule has 0 spiro atoms. The molecule has 3 nitrogen and oxygen atoms in total. The number of fused-ring (bicyclic) bond motifs is 13. The van der Waals surface area contributed by atoms with Gasteiger partial charge in [0.1, 0.15) is 22.3 Å². The van der Waals surface area contributed by atoms with Crippen molar-refractivity contribution in [1.29, 1.82) is 0 Å². The van der Waals surface area contributed by atoms with Gasteiger partial charge < -0.3 is 13.7 Å². The van der Waals surface area contributed by atoms with Crippen molar-refractivity contribution < 1.29 is 8.83 Å². The molecule has 280 valence electrons. The number of rotatable bonds is 5. The summed E-state index contributed by atoms with van der Waals surface area (Å²) in [6.45, 7) is 0. The topological polar surface area (TPSA) is 29.5 Å². The lowest BCUT2D eigenvalue weighted by molar-refractivity contribution is 0.669. The zero-order valence-corrected chi connectivity index (χ0v) is 33.0. The Morgan fingerprint density at radius 2 is 1.03 bits per heavy atom. The van der Waals surface area contributed by atoms with Crippen molar-refractivity contribution in [3.05, 3.63) is 200 Å². The Labute approximate surface area is 348 Å². The first-order chi connectivity index (χ1) is 29.7. The monoisotopic (exact) mass is 783 g/mol. The number of benzene rings is 10. The molecule has 0 aliphatic rings. The molecule has 10 aromatic carbocycles. The number of hydrogen-bond acceptors (Lipinski definition) is 4. The van der Waals surface area contributed by atoms with Crippen LogP contribution in [0.1, 0.15) is 0 Å². The average Bonchev–Trinajstić information content (AvgIpc) is 4.01. The predicted molar refractivity (Wildman–Crippen MR) is 254 cm³/mol. The molecule has 0 radical (unpaired) electrons. The first-order valence-corrected chi connectivity index (χ1v) is 21.1. The highest BCUT2D eigenvalue weighted by atomic mass is 32.1. The van der Waals surface area contributed by atoms with E-state index in [4.69, 9.17) is 8.83 Å². The fourth-order valence-corrected chi connectivity index (χ4v) is 10.6. The first kappa shape index (κ1) is 33.3. The van der Waals surface area contributed by atoms with Crippen LogP contribution in [0.15, 0.2) is 209 Å². The van der Waals surface area contributed by atoms with Crippen LogP contribution in [-0.4, -0.2) is 0 Å². The fourth-order valence-electron chi connectivity index (χ4n) is 9.49. The van der Waals surface area contributed by atoms with Crippen LogP contribution in [0, 0.1) is 0 Å². The van der Waals surface area contributed by atoms with E-state index in [1.807, 2.05) is 23.5 Å². The summed E-state index contributed by atoms with van der Waals surface area (Å²) >= 11 is 1.82. The highest BCUT2D eigenvalue weighted by molar-refractivity contribution is 7.26. The van der Waals surface area contributed by atoms with Gasteiger partial charge in [0.25, 0.3) is 0 Å². The Bertz CT molecular complexity index is 3850. The molecule has 0 bridgehead atoms. The van der Waals surface area contributed by atoms with Crippen LogP contribution in [0.5, 0.6) is 0 Å². The minimum absolute atomic E-state index is 0.860. The van der Waals surface area contributed by atoms with Gasteiger partial charge >= 0.3 is 0 Å². The Hall–Kier alpha value is -7.66. The summed E-state index contributed by atoms with van der Waals surface area (Å²) in [5.74, 6) is 0. The van der Waals surface area contributed by atoms with Gasteiger partial charge in [0.15, 0.2) is 0 Å². The molecular weight excluding hydrogens is 751 g/mol. The lowest BCUT2D eigenvalue weighted by Crippen LogP contribution is -2.10. The number of hydrogen-bond donors (Lipinski definition) is 0. The van der Waals surface area contributed by atoms with E-state index >= 15 is 0 Å². The lowest BCUT2D eigenvalue weighted by atomic mass is 9.96. The van der Waals surface area contributed by atoms with Gasteiger partial charge in [0.05, 0.1) is 11.1 Å². The number of thiophene rings is 1. The Morgan fingerprint density at radius 3 is 1.92 bits per heavy atom. The summed E-state index contributed by atoms with van der Waals surface area (Å²) in [4.78, 5) is 2.38. The van der Waals surface area contributed by atoms with Crippen molar-refractivity contribution in [2.45, 2.75) is 0 Å². The smallest absolute Gasteiger partial charge is 0.144 e. The van der Waals surface area contributed by atoms with Gasteiger partial charge in [-0.2, -0.15) is 0 Å². The van der Waals surface area contributed by atoms with Gasteiger partial charge in [-0.05, 0) is 117 Å². The van der Waals surface area contributed by atoms with Crippen LogP contribution < -0.4 is 4.90 Å². The molecule has 60 heavy (non-hydrogen) atoms. The van der Waals surface area contributed by atoms with Gasteiger partial charge in [-0.3, -0.25) is 0 Å². The van der Waals surface area contributed by atoms with E-state index in [1.165, 1.54) is 58.4 Å². The molecule has 0 aliphatic heterocycles. The van der Waals surface area contributed by atoms with Crippen molar-refractivity contribution in [3.8, 4) is 22.3 Å². The Morgan fingerprint density at radius 1 is 0.350 bits per heavy atom. The van der Waals surface area contributed by atoms with Crippen molar-refractivity contribution in [2.24, 2.45) is 0 Å². The fraction of sp³-hybridized carbons (Fsp3) is 0. The largest absolute Gasteiger partial charge is 0.456 e. The van der Waals surface area contributed by atoms with Crippen molar-refractivity contribution in [1.82, 2.24) is 0 Å². The van der Waals surface area contributed by atoms with Gasteiger partial charge in [-0.1, -0.05) is 127 Å². The molecule has 13 rings (SSSR count). The van der Waals surface area contributed by atoms with E-state index in [9.17, 15) is 0 Å². The maximum Gasteiger partial charge on any atom is 0.144 e. The summed E-state index contributed by atoms with van der Waals surface area (Å²) in [7, 11) is 0. The van der Waals surface area contributed by atoms with Crippen molar-refractivity contribution in [2.75, 3.05) is 4.90 Å². The third-order valence-electron chi connectivity index (χ3n) is 12.2. The Kier molecular flexibility index (Phi) is 7.18. The van der Waals surface area contributed by atoms with E-state index < -0.39 is 0 Å². The van der Waals surface area contributed by atoms with Crippen molar-refractivity contribution in [3.63, 3.8) is 0 Å². The number of anilines is 3. The second-order valence-corrected chi connectivity index (χ2v) is 16.7. The Balaban J connectivity index is 1.00. The van der Waals surface area contributed by atoms with Crippen LogP contribution in [0.4, 0.5) is 17.1 Å². The van der Waals surface area contributed by atoms with E-state index in [0.29, 0.717) is 0 Å². The molecule has 0 atom stereocenters. The second-order valence-electron chi connectivity index (χ2n) is 15.6. The predicted octanol–water partition coefficient (Wildman–Crippen LogP) is 17.0. The second kappa shape index (κ2) is 12.9. The molecule has 0 saturated carbocycles. The van der Waals surface area contributed by atoms with Crippen LogP contribution in [0.3, 0.4) is 0 Å². The zero-order valence-electron chi connectivity index (χ0n) is 32.2. The molecule has 3 heterocycles. The highest BCUT2D eigenvalue weighted by Crippen LogP contribution is 2.48. The molecule has 0 fully saturated rings. The summed E-state index contributed by atoms with van der Waals surface area (Å²) in [6, 6.07) is 72.1. The molecule has 13 aromatic rings. The number of para-hydroxylation sites is 2. The van der Waals surface area contributed by atoms with Gasteiger partial charge in [0, 0.05) is 47.7 Å². The summed E-state index contributed by atoms with van der Waals surface area (Å²) in [6.07, 6.45) is 0. The zero-order chi connectivity index (χ0) is 39.3. The van der Waals surface area contributed by atoms with Gasteiger partial charge in [-0.25, -0.2) is 0 Å². The van der Waals surface area contributed by atoms with Gasteiger partial charge in [-0.15, -0.1) is 11.3 Å². The van der Waals surface area contributed by atoms with E-state index in [1.54, 1.807) is 0 Å². The first-order valence-electron chi connectivity index (χ1n) is 20.3. The highest BCUT2D eigenvalue weighted by Gasteiger charge is 2.22. The minimum atomic E-state index is 0.860. The SMILES string of the molecule is c1cc(-c2cccc3sc4ccc5c6ccccc6oc5c4c23)cc(N(c2ccc(-c3ccc4ccc5ccccc5c4c3)cc2)c2cccc3oc4ccccc4c23)c1. The summed E-state index contributed by atoms with van der Waals surface area (Å²) in [5, 5.41) is 11.9. The molecule has 0 aliphatic carbocycles. The van der Waals surface area contributed by atoms with Crippen LogP contribution in [0.25, 0.3) is 108 Å². The summed E-state index contributed by atoms with van der Waals surface area (Å²) < 4.78 is 15.6. The minimum Gasteiger partial charge on any atom is -0.456 e. The lowest BCUT2D eigenvalue weighted by Gasteiger charge is -2.27. The molecule has 0 saturated heterocycles. The molecular formula is C56H33NO2S. The third-order valence-corrected chi connectivity index (χ3v) is 13.4. The van der Waals surface area contributed by atoms with Gasteiger partial charge in [0.2, 0.25) is 0 Å². The van der Waals surface area contributed by atoms with E-state index in [0.717, 1.165) is 66.5 Å². The molecule has 0 unspecified atom stereocenters. The standard InChI is InChI=1S/C56H33NO2S/c1-2-13-41-35(10-1)22-23-36-24-25-37(33-46(36)41)34-26-28-39(29-27-34)57(47-17-9-20-50-53(47)45-15-4-6-19-49(45)58-50)40-12-7-11-38(32-40)42-16-8-21-51-54(42)55-52(60-51)31-30-44-43-14-3-5-18-48(43)59-56(44)55/h1-33H. The third kappa shape index (κ3) is 5.01. The van der Waals surface area contributed by atoms with Crippen molar-refractivity contribution >= 4 is 114 Å². The van der Waals surface area contributed by atoms with Crippen LogP contribution >= 0.6 is 11.3 Å². The maximum atomic E-state index is 6.64. The quantitative estimate of drug-likeness (QED) is 0.163. The van der Waals surface area contributed by atoms with Crippen LogP contribution in [0.2, 0.25) is 0 Å². The molecule has 0 N–H and O–H groups in total. The van der Waals surface area contributed by atoms with E-state index in [-0.39, 0.29) is 0 Å². The maximum absolute atomic E-state index is 6.64. The molecule has 3 aromatic heterocycles.